The summed E-state index contributed by atoms with van der Waals surface area (Å²) >= 11 is 0. The maximum Gasteiger partial charge on any atom is 0.308 e. The molecule has 1 fully saturated rings. The first-order valence-corrected chi connectivity index (χ1v) is 5.51. The molecular weight excluding hydrogens is 206 g/mol. The average Bonchev–Trinajstić information content (AvgIpc) is 2.76. The monoisotopic (exact) mass is 223 g/mol. The van der Waals surface area contributed by atoms with Gasteiger partial charge in [0.2, 0.25) is 0 Å². The van der Waals surface area contributed by atoms with Gasteiger partial charge in [-0.3, -0.25) is 9.69 Å². The largest absolute Gasteiger partial charge is 0.481 e. The summed E-state index contributed by atoms with van der Waals surface area (Å²) in [5.74, 6) is -0.909. The molecule has 1 N–H and O–H groups in total. The summed E-state index contributed by atoms with van der Waals surface area (Å²) in [5.41, 5.74) is 1.12. The number of carboxylic acid groups (broad SMARTS) is 1. The van der Waals surface area contributed by atoms with E-state index in [0.29, 0.717) is 0 Å². The molecule has 5 heteroatoms. The van der Waals surface area contributed by atoms with Crippen LogP contribution in [0.1, 0.15) is 19.0 Å². The van der Waals surface area contributed by atoms with Crippen molar-refractivity contribution in [1.82, 2.24) is 14.5 Å². The van der Waals surface area contributed by atoms with E-state index in [9.17, 15) is 4.79 Å². The highest BCUT2D eigenvalue weighted by Crippen LogP contribution is 2.25. The van der Waals surface area contributed by atoms with Crippen molar-refractivity contribution in [2.24, 2.45) is 13.0 Å². The van der Waals surface area contributed by atoms with E-state index in [2.05, 4.69) is 9.88 Å². The summed E-state index contributed by atoms with van der Waals surface area (Å²) in [7, 11) is 1.96. The molecule has 0 spiro atoms. The van der Waals surface area contributed by atoms with Crippen molar-refractivity contribution in [2.75, 3.05) is 6.54 Å². The Hall–Kier alpha value is -1.36. The SMILES string of the molecule is CC1C(C(=O)O)CCN1Cc1cncn1C. The van der Waals surface area contributed by atoms with Crippen LogP contribution in [0.5, 0.6) is 0 Å². The van der Waals surface area contributed by atoms with Gasteiger partial charge in [0.25, 0.3) is 0 Å². The molecule has 2 atom stereocenters. The Bertz CT molecular complexity index is 388. The maximum absolute atomic E-state index is 11.0. The van der Waals surface area contributed by atoms with Crippen molar-refractivity contribution < 1.29 is 9.90 Å². The van der Waals surface area contributed by atoms with Gasteiger partial charge in [-0.2, -0.15) is 0 Å². The Balaban J connectivity index is 2.03. The van der Waals surface area contributed by atoms with Gasteiger partial charge in [-0.15, -0.1) is 0 Å². The van der Waals surface area contributed by atoms with Crippen molar-refractivity contribution in [2.45, 2.75) is 25.9 Å². The minimum Gasteiger partial charge on any atom is -0.481 e. The van der Waals surface area contributed by atoms with E-state index in [1.54, 1.807) is 6.33 Å². The van der Waals surface area contributed by atoms with Crippen molar-refractivity contribution in [3.05, 3.63) is 18.2 Å². The first-order chi connectivity index (χ1) is 7.59. The predicted octanol–water partition coefficient (Wildman–Crippen LogP) is 0.715. The molecule has 1 aromatic rings. The number of aliphatic carboxylic acids is 1. The number of hydrogen-bond donors (Lipinski definition) is 1. The Morgan fingerprint density at radius 3 is 2.94 bits per heavy atom. The van der Waals surface area contributed by atoms with E-state index < -0.39 is 5.97 Å². The van der Waals surface area contributed by atoms with E-state index in [0.717, 1.165) is 25.2 Å². The lowest BCUT2D eigenvalue weighted by Gasteiger charge is -2.22. The van der Waals surface area contributed by atoms with Gasteiger partial charge in [0.15, 0.2) is 0 Å². The minimum atomic E-state index is -0.681. The number of rotatable bonds is 3. The Kier molecular flexibility index (Phi) is 2.96. The van der Waals surface area contributed by atoms with Crippen LogP contribution in [0.25, 0.3) is 0 Å². The molecule has 0 amide bonds. The van der Waals surface area contributed by atoms with Crippen LogP contribution in [0.4, 0.5) is 0 Å². The first kappa shape index (κ1) is 11.1. The summed E-state index contributed by atoms with van der Waals surface area (Å²) in [4.78, 5) is 17.2. The summed E-state index contributed by atoms with van der Waals surface area (Å²) in [5, 5.41) is 9.04. The molecule has 1 saturated heterocycles. The van der Waals surface area contributed by atoms with E-state index in [1.807, 2.05) is 24.7 Å². The molecule has 5 nitrogen and oxygen atoms in total. The number of nitrogens with zero attached hydrogens (tertiary/aromatic N) is 3. The highest BCUT2D eigenvalue weighted by atomic mass is 16.4. The molecular formula is C11H17N3O2. The van der Waals surface area contributed by atoms with Gasteiger partial charge >= 0.3 is 5.97 Å². The van der Waals surface area contributed by atoms with Gasteiger partial charge in [-0.25, -0.2) is 4.98 Å². The molecule has 88 valence electrons. The molecule has 0 saturated carbocycles. The van der Waals surface area contributed by atoms with Gasteiger partial charge in [-0.1, -0.05) is 0 Å². The third kappa shape index (κ3) is 1.95. The fraction of sp³-hybridized carbons (Fsp3) is 0.636. The van der Waals surface area contributed by atoms with Gasteiger partial charge in [-0.05, 0) is 19.9 Å². The van der Waals surface area contributed by atoms with E-state index in [1.165, 1.54) is 0 Å². The number of imidazole rings is 1. The van der Waals surface area contributed by atoms with Crippen LogP contribution in [0.3, 0.4) is 0 Å². The molecule has 1 aliphatic heterocycles. The fourth-order valence-corrected chi connectivity index (χ4v) is 2.30. The number of aryl methyl sites for hydroxylation is 1. The smallest absolute Gasteiger partial charge is 0.308 e. The van der Waals surface area contributed by atoms with Gasteiger partial charge in [0, 0.05) is 25.8 Å². The second kappa shape index (κ2) is 4.25. The van der Waals surface area contributed by atoms with Crippen molar-refractivity contribution in [3.63, 3.8) is 0 Å². The van der Waals surface area contributed by atoms with Crippen molar-refractivity contribution >= 4 is 5.97 Å². The quantitative estimate of drug-likeness (QED) is 0.820. The minimum absolute atomic E-state index is 0.104. The van der Waals surface area contributed by atoms with Crippen LogP contribution in [0.15, 0.2) is 12.5 Å². The van der Waals surface area contributed by atoms with Crippen LogP contribution >= 0.6 is 0 Å². The van der Waals surface area contributed by atoms with Crippen LogP contribution in [-0.4, -0.2) is 38.1 Å². The second-order valence-electron chi connectivity index (χ2n) is 4.44. The van der Waals surface area contributed by atoms with Crippen molar-refractivity contribution in [3.8, 4) is 0 Å². The number of likely N-dealkylation sites (tertiary alicyclic amines) is 1. The number of carboxylic acids is 1. The summed E-state index contributed by atoms with van der Waals surface area (Å²) in [6.45, 7) is 3.62. The molecule has 1 aromatic heterocycles. The van der Waals surface area contributed by atoms with Crippen molar-refractivity contribution in [1.29, 1.82) is 0 Å². The lowest BCUT2D eigenvalue weighted by atomic mass is 10.0. The predicted molar refractivity (Wildman–Crippen MR) is 58.8 cm³/mol. The highest BCUT2D eigenvalue weighted by Gasteiger charge is 2.35. The Labute approximate surface area is 94.7 Å². The molecule has 0 bridgehead atoms. The summed E-state index contributed by atoms with van der Waals surface area (Å²) in [6, 6.07) is 0.104. The molecule has 0 aliphatic carbocycles. The molecule has 2 heterocycles. The molecule has 1 aliphatic rings. The number of hydrogen-bond acceptors (Lipinski definition) is 3. The van der Waals surface area contributed by atoms with Crippen LogP contribution < -0.4 is 0 Å². The zero-order valence-corrected chi connectivity index (χ0v) is 9.63. The van der Waals surface area contributed by atoms with Crippen LogP contribution in [0.2, 0.25) is 0 Å². The standard InChI is InChI=1S/C11H17N3O2/c1-8-10(11(15)16)3-4-14(8)6-9-5-12-7-13(9)2/h5,7-8,10H,3-4,6H2,1-2H3,(H,15,16). The van der Waals surface area contributed by atoms with Gasteiger partial charge < -0.3 is 9.67 Å². The topological polar surface area (TPSA) is 58.4 Å². The second-order valence-corrected chi connectivity index (χ2v) is 4.44. The third-order valence-corrected chi connectivity index (χ3v) is 3.48. The summed E-state index contributed by atoms with van der Waals surface area (Å²) < 4.78 is 1.97. The van der Waals surface area contributed by atoms with E-state index >= 15 is 0 Å². The van der Waals surface area contributed by atoms with Gasteiger partial charge in [0.1, 0.15) is 0 Å². The zero-order chi connectivity index (χ0) is 11.7. The lowest BCUT2D eigenvalue weighted by molar-refractivity contribution is -0.142. The molecule has 2 rings (SSSR count). The first-order valence-electron chi connectivity index (χ1n) is 5.51. The lowest BCUT2D eigenvalue weighted by Crippen LogP contribution is -2.33. The number of aromatic nitrogens is 2. The maximum atomic E-state index is 11.0. The fourth-order valence-electron chi connectivity index (χ4n) is 2.30. The Morgan fingerprint density at radius 2 is 2.44 bits per heavy atom. The average molecular weight is 223 g/mol. The Morgan fingerprint density at radius 1 is 1.69 bits per heavy atom. The summed E-state index contributed by atoms with van der Waals surface area (Å²) in [6.07, 6.45) is 4.35. The third-order valence-electron chi connectivity index (χ3n) is 3.48. The van der Waals surface area contributed by atoms with Crippen LogP contribution in [0, 0.1) is 5.92 Å². The van der Waals surface area contributed by atoms with Gasteiger partial charge in [0.05, 0.1) is 17.9 Å². The number of carbonyl (C=O) groups is 1. The molecule has 0 radical (unpaired) electrons. The van der Waals surface area contributed by atoms with E-state index in [4.69, 9.17) is 5.11 Å². The normalized spacial score (nSPS) is 26.1. The molecule has 16 heavy (non-hydrogen) atoms. The molecule has 0 aromatic carbocycles. The van der Waals surface area contributed by atoms with E-state index in [-0.39, 0.29) is 12.0 Å². The molecule has 2 unspecified atom stereocenters. The van der Waals surface area contributed by atoms with Crippen LogP contribution in [-0.2, 0) is 18.4 Å². The zero-order valence-electron chi connectivity index (χ0n) is 9.63. The highest BCUT2D eigenvalue weighted by molar-refractivity contribution is 5.71.